The third-order valence-electron chi connectivity index (χ3n) is 4.87. The number of aliphatic hydroxyl groups excluding tert-OH is 1. The molecule has 1 aromatic carbocycles. The van der Waals surface area contributed by atoms with Gasteiger partial charge in [0, 0.05) is 31.8 Å². The zero-order chi connectivity index (χ0) is 18.5. The molecule has 6 nitrogen and oxygen atoms in total. The molecular weight excluding hydrogens is 330 g/mol. The van der Waals surface area contributed by atoms with Crippen LogP contribution in [0.25, 0.3) is 0 Å². The molecule has 1 aromatic heterocycles. The van der Waals surface area contributed by atoms with E-state index in [9.17, 15) is 14.7 Å². The molecule has 1 saturated heterocycles. The van der Waals surface area contributed by atoms with Gasteiger partial charge in [-0.25, -0.2) is 0 Å². The Kier molecular flexibility index (Phi) is 5.63. The normalized spacial score (nSPS) is 21.8. The summed E-state index contributed by atoms with van der Waals surface area (Å²) in [5, 5.41) is 12.7. The second-order valence-electron chi connectivity index (χ2n) is 6.52. The molecule has 2 N–H and O–H groups in total. The van der Waals surface area contributed by atoms with E-state index in [4.69, 9.17) is 0 Å². The van der Waals surface area contributed by atoms with Crippen molar-refractivity contribution in [1.82, 2.24) is 15.2 Å². The van der Waals surface area contributed by atoms with Gasteiger partial charge in [0.15, 0.2) is 0 Å². The fraction of sp³-hybridized carbons (Fsp3) is 0.350. The second-order valence-corrected chi connectivity index (χ2v) is 6.52. The topological polar surface area (TPSA) is 82.5 Å². The molecule has 0 bridgehead atoms. The maximum Gasteiger partial charge on any atom is 0.227 e. The number of benzene rings is 1. The van der Waals surface area contributed by atoms with Crippen molar-refractivity contribution in [3.8, 4) is 0 Å². The van der Waals surface area contributed by atoms with Crippen molar-refractivity contribution < 1.29 is 14.7 Å². The number of likely N-dealkylation sites (tertiary alicyclic amines) is 1. The molecule has 0 aliphatic carbocycles. The van der Waals surface area contributed by atoms with Crippen LogP contribution in [0.1, 0.15) is 24.0 Å². The number of rotatable bonds is 6. The van der Waals surface area contributed by atoms with Crippen LogP contribution in [0.15, 0.2) is 54.9 Å². The molecule has 3 rings (SSSR count). The second kappa shape index (κ2) is 8.10. The Morgan fingerprint density at radius 1 is 1.12 bits per heavy atom. The van der Waals surface area contributed by atoms with Crippen molar-refractivity contribution >= 4 is 11.8 Å². The van der Waals surface area contributed by atoms with Crippen LogP contribution in [0.2, 0.25) is 0 Å². The summed E-state index contributed by atoms with van der Waals surface area (Å²) in [5.41, 5.74) is 1.94. The van der Waals surface area contributed by atoms with Gasteiger partial charge in [-0.3, -0.25) is 14.6 Å². The number of nitrogens with one attached hydrogen (secondary N) is 1. The lowest BCUT2D eigenvalue weighted by molar-refractivity contribution is -0.150. The van der Waals surface area contributed by atoms with Crippen LogP contribution in [-0.4, -0.2) is 52.0 Å². The SMILES string of the molecule is CC(=O)NC[C@H]1[C@H](c2ccccc2)[C@@H](CO)N1C(=O)Cc1ccncc1. The van der Waals surface area contributed by atoms with Crippen molar-refractivity contribution in [1.29, 1.82) is 0 Å². The molecule has 1 aliphatic heterocycles. The fourth-order valence-electron chi connectivity index (χ4n) is 3.68. The van der Waals surface area contributed by atoms with Gasteiger partial charge in [0.05, 0.1) is 25.1 Å². The van der Waals surface area contributed by atoms with Crippen LogP contribution in [0.3, 0.4) is 0 Å². The minimum atomic E-state index is -0.287. The van der Waals surface area contributed by atoms with Gasteiger partial charge in [-0.05, 0) is 23.3 Å². The average Bonchev–Trinajstić information content (AvgIpc) is 2.62. The van der Waals surface area contributed by atoms with E-state index in [1.54, 1.807) is 17.3 Å². The highest BCUT2D eigenvalue weighted by Crippen LogP contribution is 2.40. The highest BCUT2D eigenvalue weighted by Gasteiger charge is 2.50. The Labute approximate surface area is 152 Å². The van der Waals surface area contributed by atoms with Crippen molar-refractivity contribution in [2.75, 3.05) is 13.2 Å². The molecular formula is C20H23N3O3. The summed E-state index contributed by atoms with van der Waals surface area (Å²) >= 11 is 0. The number of aromatic nitrogens is 1. The van der Waals surface area contributed by atoms with Gasteiger partial charge in [0.25, 0.3) is 0 Å². The first kappa shape index (κ1) is 18.1. The molecule has 1 fully saturated rings. The standard InChI is InChI=1S/C20H23N3O3/c1-14(25)22-12-17-20(16-5-3-2-4-6-16)18(13-24)23(17)19(26)11-15-7-9-21-10-8-15/h2-10,17-18,20,24H,11-13H2,1H3,(H,22,25)/t17-,18+,20-/m0/s1. The van der Waals surface area contributed by atoms with E-state index in [-0.39, 0.29) is 42.8 Å². The van der Waals surface area contributed by atoms with Crippen molar-refractivity contribution in [3.05, 3.63) is 66.0 Å². The largest absolute Gasteiger partial charge is 0.394 e. The van der Waals surface area contributed by atoms with Gasteiger partial charge in [0.2, 0.25) is 11.8 Å². The summed E-state index contributed by atoms with van der Waals surface area (Å²) in [5.74, 6) is -0.196. The van der Waals surface area contributed by atoms with E-state index in [0.29, 0.717) is 6.54 Å². The number of hydrogen-bond donors (Lipinski definition) is 2. The Hall–Kier alpha value is -2.73. The summed E-state index contributed by atoms with van der Waals surface area (Å²) in [6, 6.07) is 13.0. The first-order valence-electron chi connectivity index (χ1n) is 8.72. The molecule has 136 valence electrons. The minimum Gasteiger partial charge on any atom is -0.394 e. The smallest absolute Gasteiger partial charge is 0.227 e. The molecule has 2 heterocycles. The third kappa shape index (κ3) is 3.75. The number of carbonyl (C=O) groups is 2. The number of nitrogens with zero attached hydrogens (tertiary/aromatic N) is 2. The summed E-state index contributed by atoms with van der Waals surface area (Å²) in [6.45, 7) is 1.72. The van der Waals surface area contributed by atoms with E-state index < -0.39 is 0 Å². The summed E-state index contributed by atoms with van der Waals surface area (Å²) in [7, 11) is 0. The van der Waals surface area contributed by atoms with Crippen LogP contribution in [-0.2, 0) is 16.0 Å². The number of carbonyl (C=O) groups excluding carboxylic acids is 2. The Balaban J connectivity index is 1.81. The van der Waals surface area contributed by atoms with E-state index in [1.807, 2.05) is 42.5 Å². The first-order chi connectivity index (χ1) is 12.6. The van der Waals surface area contributed by atoms with Crippen LogP contribution < -0.4 is 5.32 Å². The predicted octanol–water partition coefficient (Wildman–Crippen LogP) is 1.12. The van der Waals surface area contributed by atoms with Crippen LogP contribution in [0, 0.1) is 0 Å². The summed E-state index contributed by atoms with van der Waals surface area (Å²) < 4.78 is 0. The summed E-state index contributed by atoms with van der Waals surface area (Å²) in [4.78, 5) is 29.9. The molecule has 0 spiro atoms. The van der Waals surface area contributed by atoms with Crippen molar-refractivity contribution in [2.45, 2.75) is 31.3 Å². The van der Waals surface area contributed by atoms with Crippen molar-refractivity contribution in [2.24, 2.45) is 0 Å². The maximum absolute atomic E-state index is 12.9. The van der Waals surface area contributed by atoms with Gasteiger partial charge in [0.1, 0.15) is 0 Å². The number of hydrogen-bond acceptors (Lipinski definition) is 4. The Morgan fingerprint density at radius 2 is 1.81 bits per heavy atom. The molecule has 3 atom stereocenters. The zero-order valence-corrected chi connectivity index (χ0v) is 14.7. The lowest BCUT2D eigenvalue weighted by Gasteiger charge is -2.55. The number of pyridine rings is 1. The molecule has 6 heteroatoms. The number of amides is 2. The summed E-state index contributed by atoms with van der Waals surface area (Å²) in [6.07, 6.45) is 3.56. The van der Waals surface area contributed by atoms with Gasteiger partial charge < -0.3 is 15.3 Å². The molecule has 0 unspecified atom stereocenters. The Bertz CT molecular complexity index is 751. The van der Waals surface area contributed by atoms with Gasteiger partial charge in [-0.1, -0.05) is 30.3 Å². The number of aliphatic hydroxyl groups is 1. The molecule has 26 heavy (non-hydrogen) atoms. The van der Waals surface area contributed by atoms with Crippen LogP contribution in [0.4, 0.5) is 0 Å². The van der Waals surface area contributed by atoms with Gasteiger partial charge in [-0.2, -0.15) is 0 Å². The first-order valence-corrected chi connectivity index (χ1v) is 8.72. The molecule has 1 aliphatic rings. The molecule has 2 aromatic rings. The van der Waals surface area contributed by atoms with E-state index in [1.165, 1.54) is 6.92 Å². The van der Waals surface area contributed by atoms with Gasteiger partial charge in [-0.15, -0.1) is 0 Å². The van der Waals surface area contributed by atoms with E-state index in [2.05, 4.69) is 10.3 Å². The molecule has 0 radical (unpaired) electrons. The maximum atomic E-state index is 12.9. The van der Waals surface area contributed by atoms with E-state index in [0.717, 1.165) is 11.1 Å². The monoisotopic (exact) mass is 353 g/mol. The fourth-order valence-corrected chi connectivity index (χ4v) is 3.68. The zero-order valence-electron chi connectivity index (χ0n) is 14.7. The Morgan fingerprint density at radius 3 is 2.42 bits per heavy atom. The highest BCUT2D eigenvalue weighted by molar-refractivity contribution is 5.81. The molecule has 0 saturated carbocycles. The molecule has 2 amide bonds. The quantitative estimate of drug-likeness (QED) is 0.815. The average molecular weight is 353 g/mol. The minimum absolute atomic E-state index is 0.00515. The predicted molar refractivity (Wildman–Crippen MR) is 97.3 cm³/mol. The lowest BCUT2D eigenvalue weighted by atomic mass is 9.74. The van der Waals surface area contributed by atoms with Gasteiger partial charge >= 0.3 is 0 Å². The van der Waals surface area contributed by atoms with Crippen molar-refractivity contribution in [3.63, 3.8) is 0 Å². The van der Waals surface area contributed by atoms with Crippen LogP contribution in [0.5, 0.6) is 0 Å². The van der Waals surface area contributed by atoms with Crippen LogP contribution >= 0.6 is 0 Å². The van der Waals surface area contributed by atoms with E-state index >= 15 is 0 Å². The highest BCUT2D eigenvalue weighted by atomic mass is 16.3. The third-order valence-corrected chi connectivity index (χ3v) is 4.87. The lowest BCUT2D eigenvalue weighted by Crippen LogP contribution is -2.68.